The fourth-order valence-corrected chi connectivity index (χ4v) is 1.42. The van der Waals surface area contributed by atoms with Crippen LogP contribution < -0.4 is 14.8 Å². The van der Waals surface area contributed by atoms with Gasteiger partial charge in [0.2, 0.25) is 0 Å². The molecular formula is C13H21NO3. The van der Waals surface area contributed by atoms with E-state index in [9.17, 15) is 0 Å². The summed E-state index contributed by atoms with van der Waals surface area (Å²) in [4.78, 5) is 0. The SMILES string of the molecule is COc1ccc(NCCOC(C)C)c(OC)c1. The summed E-state index contributed by atoms with van der Waals surface area (Å²) in [7, 11) is 3.28. The van der Waals surface area contributed by atoms with Gasteiger partial charge in [0, 0.05) is 12.6 Å². The van der Waals surface area contributed by atoms with Gasteiger partial charge in [0.05, 0.1) is 32.6 Å². The second-order valence-electron chi connectivity index (χ2n) is 3.91. The van der Waals surface area contributed by atoms with Crippen LogP contribution in [0.1, 0.15) is 13.8 Å². The minimum absolute atomic E-state index is 0.259. The summed E-state index contributed by atoms with van der Waals surface area (Å²) in [6, 6.07) is 5.69. The van der Waals surface area contributed by atoms with E-state index in [4.69, 9.17) is 14.2 Å². The number of rotatable bonds is 7. The Kier molecular flexibility index (Phi) is 5.63. The summed E-state index contributed by atoms with van der Waals surface area (Å²) in [5, 5.41) is 3.27. The molecule has 0 aliphatic carbocycles. The molecule has 0 fully saturated rings. The van der Waals surface area contributed by atoms with E-state index in [1.165, 1.54) is 0 Å². The molecule has 0 spiro atoms. The van der Waals surface area contributed by atoms with Crippen molar-refractivity contribution in [3.63, 3.8) is 0 Å². The molecule has 4 nitrogen and oxygen atoms in total. The van der Waals surface area contributed by atoms with E-state index in [1.54, 1.807) is 14.2 Å². The molecule has 17 heavy (non-hydrogen) atoms. The zero-order chi connectivity index (χ0) is 12.7. The van der Waals surface area contributed by atoms with Crippen molar-refractivity contribution in [3.05, 3.63) is 18.2 Å². The van der Waals surface area contributed by atoms with Crippen LogP contribution in [-0.2, 0) is 4.74 Å². The molecule has 0 amide bonds. The van der Waals surface area contributed by atoms with Gasteiger partial charge < -0.3 is 19.5 Å². The summed E-state index contributed by atoms with van der Waals surface area (Å²) in [5.41, 5.74) is 0.945. The maximum atomic E-state index is 5.45. The second-order valence-corrected chi connectivity index (χ2v) is 3.91. The lowest BCUT2D eigenvalue weighted by atomic mass is 10.2. The van der Waals surface area contributed by atoms with Gasteiger partial charge in [-0.25, -0.2) is 0 Å². The van der Waals surface area contributed by atoms with E-state index < -0.39 is 0 Å². The minimum Gasteiger partial charge on any atom is -0.497 e. The van der Waals surface area contributed by atoms with Gasteiger partial charge in [-0.2, -0.15) is 0 Å². The first-order valence-corrected chi connectivity index (χ1v) is 5.75. The maximum absolute atomic E-state index is 5.45. The molecule has 0 heterocycles. The van der Waals surface area contributed by atoms with Crippen molar-refractivity contribution in [1.29, 1.82) is 0 Å². The third-order valence-corrected chi connectivity index (χ3v) is 2.28. The third-order valence-electron chi connectivity index (χ3n) is 2.28. The fourth-order valence-electron chi connectivity index (χ4n) is 1.42. The van der Waals surface area contributed by atoms with Crippen LogP contribution in [0.4, 0.5) is 5.69 Å². The van der Waals surface area contributed by atoms with Crippen molar-refractivity contribution in [2.45, 2.75) is 20.0 Å². The minimum atomic E-state index is 0.259. The molecule has 1 rings (SSSR count). The molecule has 1 aromatic carbocycles. The van der Waals surface area contributed by atoms with Gasteiger partial charge in [-0.3, -0.25) is 0 Å². The number of methoxy groups -OCH3 is 2. The molecule has 1 N–H and O–H groups in total. The Morgan fingerprint density at radius 3 is 2.53 bits per heavy atom. The zero-order valence-electron chi connectivity index (χ0n) is 10.9. The van der Waals surface area contributed by atoms with Crippen molar-refractivity contribution >= 4 is 5.69 Å². The van der Waals surface area contributed by atoms with Gasteiger partial charge in [0.15, 0.2) is 0 Å². The van der Waals surface area contributed by atoms with Gasteiger partial charge in [-0.05, 0) is 26.0 Å². The van der Waals surface area contributed by atoms with Crippen LogP contribution in [0.15, 0.2) is 18.2 Å². The standard InChI is InChI=1S/C13H21NO3/c1-10(2)17-8-7-14-12-6-5-11(15-3)9-13(12)16-4/h5-6,9-10,14H,7-8H2,1-4H3. The van der Waals surface area contributed by atoms with Crippen LogP contribution >= 0.6 is 0 Å². The summed E-state index contributed by atoms with van der Waals surface area (Å²) < 4.78 is 15.9. The van der Waals surface area contributed by atoms with E-state index in [0.717, 1.165) is 23.7 Å². The summed E-state index contributed by atoms with van der Waals surface area (Å²) >= 11 is 0. The molecule has 4 heteroatoms. The van der Waals surface area contributed by atoms with E-state index in [2.05, 4.69) is 5.32 Å². The van der Waals surface area contributed by atoms with Crippen LogP contribution in [0.2, 0.25) is 0 Å². The van der Waals surface area contributed by atoms with Gasteiger partial charge in [-0.1, -0.05) is 0 Å². The highest BCUT2D eigenvalue weighted by Gasteiger charge is 2.04. The molecule has 0 bridgehead atoms. The smallest absolute Gasteiger partial charge is 0.145 e. The first-order chi connectivity index (χ1) is 8.17. The molecule has 0 atom stereocenters. The van der Waals surface area contributed by atoms with Gasteiger partial charge in [0.25, 0.3) is 0 Å². The molecule has 1 aromatic rings. The summed E-state index contributed by atoms with van der Waals surface area (Å²) in [5.74, 6) is 1.56. The van der Waals surface area contributed by atoms with Gasteiger partial charge >= 0.3 is 0 Å². The largest absolute Gasteiger partial charge is 0.497 e. The van der Waals surface area contributed by atoms with Crippen LogP contribution in [-0.4, -0.2) is 33.5 Å². The zero-order valence-corrected chi connectivity index (χ0v) is 10.9. The topological polar surface area (TPSA) is 39.7 Å². The van der Waals surface area contributed by atoms with Crippen LogP contribution in [0.5, 0.6) is 11.5 Å². The van der Waals surface area contributed by atoms with Crippen molar-refractivity contribution < 1.29 is 14.2 Å². The number of hydrogen-bond donors (Lipinski definition) is 1. The highest BCUT2D eigenvalue weighted by atomic mass is 16.5. The predicted molar refractivity (Wildman–Crippen MR) is 69.1 cm³/mol. The second kappa shape index (κ2) is 7.01. The fraction of sp³-hybridized carbons (Fsp3) is 0.538. The molecule has 0 aromatic heterocycles. The average Bonchev–Trinajstić information content (AvgIpc) is 2.34. The lowest BCUT2D eigenvalue weighted by Gasteiger charge is -2.13. The number of ether oxygens (including phenoxy) is 3. The molecule has 0 radical (unpaired) electrons. The van der Waals surface area contributed by atoms with Crippen molar-refractivity contribution in [2.24, 2.45) is 0 Å². The monoisotopic (exact) mass is 239 g/mol. The van der Waals surface area contributed by atoms with Crippen LogP contribution in [0.3, 0.4) is 0 Å². The molecular weight excluding hydrogens is 218 g/mol. The Bertz CT molecular complexity index is 339. The predicted octanol–water partition coefficient (Wildman–Crippen LogP) is 2.54. The number of hydrogen-bond acceptors (Lipinski definition) is 4. The lowest BCUT2D eigenvalue weighted by Crippen LogP contribution is -2.13. The number of anilines is 1. The molecule has 0 aliphatic heterocycles. The highest BCUT2D eigenvalue weighted by Crippen LogP contribution is 2.28. The van der Waals surface area contributed by atoms with E-state index in [0.29, 0.717) is 6.61 Å². The lowest BCUT2D eigenvalue weighted by molar-refractivity contribution is 0.0870. The van der Waals surface area contributed by atoms with Crippen LogP contribution in [0, 0.1) is 0 Å². The van der Waals surface area contributed by atoms with E-state index >= 15 is 0 Å². The molecule has 0 saturated heterocycles. The average molecular weight is 239 g/mol. The van der Waals surface area contributed by atoms with Crippen molar-refractivity contribution in [3.8, 4) is 11.5 Å². The van der Waals surface area contributed by atoms with Gasteiger partial charge in [-0.15, -0.1) is 0 Å². The van der Waals surface area contributed by atoms with Crippen molar-refractivity contribution in [1.82, 2.24) is 0 Å². The molecule has 0 unspecified atom stereocenters. The first-order valence-electron chi connectivity index (χ1n) is 5.75. The van der Waals surface area contributed by atoms with Crippen LogP contribution in [0.25, 0.3) is 0 Å². The van der Waals surface area contributed by atoms with E-state index in [1.807, 2.05) is 32.0 Å². The first kappa shape index (κ1) is 13.6. The normalized spacial score (nSPS) is 10.4. The number of benzene rings is 1. The molecule has 96 valence electrons. The Labute approximate surface area is 103 Å². The van der Waals surface area contributed by atoms with E-state index in [-0.39, 0.29) is 6.10 Å². The Morgan fingerprint density at radius 1 is 1.18 bits per heavy atom. The number of nitrogens with one attached hydrogen (secondary N) is 1. The highest BCUT2D eigenvalue weighted by molar-refractivity contribution is 5.59. The Balaban J connectivity index is 2.52. The maximum Gasteiger partial charge on any atom is 0.145 e. The molecule has 0 aliphatic rings. The molecule has 0 saturated carbocycles. The van der Waals surface area contributed by atoms with Crippen molar-refractivity contribution in [2.75, 3.05) is 32.7 Å². The summed E-state index contributed by atoms with van der Waals surface area (Å²) in [6.45, 7) is 5.47. The third kappa shape index (κ3) is 4.53. The van der Waals surface area contributed by atoms with Gasteiger partial charge in [0.1, 0.15) is 11.5 Å². The quantitative estimate of drug-likeness (QED) is 0.742. The Morgan fingerprint density at radius 2 is 1.94 bits per heavy atom. The Hall–Kier alpha value is -1.42. The summed E-state index contributed by atoms with van der Waals surface area (Å²) in [6.07, 6.45) is 0.259.